The van der Waals surface area contributed by atoms with Crippen molar-refractivity contribution in [2.24, 2.45) is 0 Å². The predicted octanol–water partition coefficient (Wildman–Crippen LogP) is 3.09. The number of ketones is 1. The van der Waals surface area contributed by atoms with Gasteiger partial charge in [-0.3, -0.25) is 4.79 Å². The summed E-state index contributed by atoms with van der Waals surface area (Å²) in [6.07, 6.45) is -4.96. The molecular formula is C9H6ClF3O2. The van der Waals surface area contributed by atoms with Gasteiger partial charge in [-0.1, -0.05) is 17.7 Å². The van der Waals surface area contributed by atoms with Crippen LogP contribution in [0.5, 0.6) is 5.75 Å². The fourth-order valence-corrected chi connectivity index (χ4v) is 1.29. The van der Waals surface area contributed by atoms with Crippen molar-refractivity contribution in [3.63, 3.8) is 0 Å². The highest BCUT2D eigenvalue weighted by atomic mass is 35.5. The Hall–Kier alpha value is -1.23. The molecule has 1 rings (SSSR count). The number of halogens is 4. The normalized spacial score (nSPS) is 11.3. The number of ether oxygens (including phenoxy) is 1. The second-order valence-electron chi connectivity index (χ2n) is 2.64. The van der Waals surface area contributed by atoms with Crippen LogP contribution in [0.15, 0.2) is 18.2 Å². The van der Waals surface area contributed by atoms with Gasteiger partial charge in [0.25, 0.3) is 5.78 Å². The maximum Gasteiger partial charge on any atom is 0.455 e. The molecule has 0 N–H and O–H groups in total. The Morgan fingerprint density at radius 1 is 1.40 bits per heavy atom. The van der Waals surface area contributed by atoms with Gasteiger partial charge in [0.2, 0.25) is 0 Å². The summed E-state index contributed by atoms with van der Waals surface area (Å²) in [5.74, 6) is -2.20. The molecule has 0 aliphatic rings. The molecule has 0 aliphatic heterocycles. The zero-order valence-corrected chi connectivity index (χ0v) is 8.32. The number of alkyl halides is 3. The molecule has 0 unspecified atom stereocenters. The van der Waals surface area contributed by atoms with Crippen LogP contribution in [0.3, 0.4) is 0 Å². The van der Waals surface area contributed by atoms with Gasteiger partial charge in [-0.25, -0.2) is 0 Å². The Morgan fingerprint density at radius 3 is 2.47 bits per heavy atom. The first kappa shape index (κ1) is 11.8. The first-order chi connectivity index (χ1) is 6.88. The van der Waals surface area contributed by atoms with Gasteiger partial charge < -0.3 is 4.74 Å². The molecule has 0 spiro atoms. The summed E-state index contributed by atoms with van der Waals surface area (Å²) in [7, 11) is 1.17. The first-order valence-corrected chi connectivity index (χ1v) is 4.19. The lowest BCUT2D eigenvalue weighted by Gasteiger charge is -2.10. The van der Waals surface area contributed by atoms with E-state index in [0.29, 0.717) is 0 Å². The van der Waals surface area contributed by atoms with Gasteiger partial charge >= 0.3 is 6.18 Å². The van der Waals surface area contributed by atoms with Crippen LogP contribution >= 0.6 is 11.6 Å². The minimum absolute atomic E-state index is 0.190. The summed E-state index contributed by atoms with van der Waals surface area (Å²) in [6.45, 7) is 0. The SMILES string of the molecule is COc1cccc(Cl)c1C(=O)C(F)(F)F. The van der Waals surface area contributed by atoms with Crippen LogP contribution in [0.25, 0.3) is 0 Å². The summed E-state index contributed by atoms with van der Waals surface area (Å²) >= 11 is 5.51. The Kier molecular flexibility index (Phi) is 3.24. The number of Topliss-reactive ketones (excluding diaryl/α,β-unsaturated/α-hetero) is 1. The Bertz CT molecular complexity index is 387. The third-order valence-electron chi connectivity index (χ3n) is 1.68. The van der Waals surface area contributed by atoms with Crippen LogP contribution in [0.4, 0.5) is 13.2 Å². The van der Waals surface area contributed by atoms with E-state index < -0.39 is 17.5 Å². The monoisotopic (exact) mass is 238 g/mol. The maximum absolute atomic E-state index is 12.2. The number of carbonyl (C=O) groups is 1. The van der Waals surface area contributed by atoms with Crippen molar-refractivity contribution >= 4 is 17.4 Å². The van der Waals surface area contributed by atoms with Gasteiger partial charge in [-0.05, 0) is 12.1 Å². The number of carbonyl (C=O) groups excluding carboxylic acids is 1. The molecule has 2 nitrogen and oxygen atoms in total. The van der Waals surface area contributed by atoms with Gasteiger partial charge in [0, 0.05) is 0 Å². The van der Waals surface area contributed by atoms with Crippen LogP contribution in [-0.2, 0) is 0 Å². The Labute approximate surface area is 88.6 Å². The van der Waals surface area contributed by atoms with E-state index in [1.54, 1.807) is 0 Å². The molecule has 1 aromatic carbocycles. The molecule has 0 radical (unpaired) electrons. The lowest BCUT2D eigenvalue weighted by atomic mass is 10.1. The van der Waals surface area contributed by atoms with Gasteiger partial charge in [-0.2, -0.15) is 13.2 Å². The molecule has 0 heterocycles. The summed E-state index contributed by atoms with van der Waals surface area (Å²) in [4.78, 5) is 11.0. The van der Waals surface area contributed by atoms with Gasteiger partial charge in [0.05, 0.1) is 17.7 Å². The molecule has 0 aromatic heterocycles. The largest absolute Gasteiger partial charge is 0.496 e. The Morgan fingerprint density at radius 2 is 2.00 bits per heavy atom. The third kappa shape index (κ3) is 2.41. The molecule has 0 atom stereocenters. The van der Waals surface area contributed by atoms with E-state index >= 15 is 0 Å². The van der Waals surface area contributed by atoms with Crippen molar-refractivity contribution in [1.29, 1.82) is 0 Å². The summed E-state index contributed by atoms with van der Waals surface area (Å²) in [5.41, 5.74) is -0.658. The van der Waals surface area contributed by atoms with Crippen molar-refractivity contribution in [2.45, 2.75) is 6.18 Å². The van der Waals surface area contributed by atoms with Crippen LogP contribution in [0.1, 0.15) is 10.4 Å². The highest BCUT2D eigenvalue weighted by molar-refractivity contribution is 6.34. The van der Waals surface area contributed by atoms with E-state index in [-0.39, 0.29) is 10.8 Å². The molecular weight excluding hydrogens is 233 g/mol. The van der Waals surface area contributed by atoms with Crippen LogP contribution < -0.4 is 4.74 Å². The molecule has 1 aromatic rings. The zero-order chi connectivity index (χ0) is 11.6. The highest BCUT2D eigenvalue weighted by Gasteiger charge is 2.41. The number of methoxy groups -OCH3 is 1. The lowest BCUT2D eigenvalue weighted by Crippen LogP contribution is -2.23. The van der Waals surface area contributed by atoms with E-state index in [9.17, 15) is 18.0 Å². The first-order valence-electron chi connectivity index (χ1n) is 3.82. The molecule has 0 saturated heterocycles. The Balaban J connectivity index is 3.30. The molecule has 0 saturated carbocycles. The zero-order valence-electron chi connectivity index (χ0n) is 7.56. The summed E-state index contributed by atoms with van der Waals surface area (Å²) in [6, 6.07) is 3.84. The molecule has 15 heavy (non-hydrogen) atoms. The van der Waals surface area contributed by atoms with E-state index in [2.05, 4.69) is 4.74 Å². The standard InChI is InChI=1S/C9H6ClF3O2/c1-15-6-4-2-3-5(10)7(6)8(14)9(11,12)13/h2-4H,1H3. The van der Waals surface area contributed by atoms with E-state index in [1.165, 1.54) is 25.3 Å². The second-order valence-corrected chi connectivity index (χ2v) is 3.05. The molecule has 0 amide bonds. The van der Waals surface area contributed by atoms with Gasteiger partial charge in [-0.15, -0.1) is 0 Å². The van der Waals surface area contributed by atoms with E-state index in [4.69, 9.17) is 11.6 Å². The quantitative estimate of drug-likeness (QED) is 0.740. The average Bonchev–Trinajstić information content (AvgIpc) is 2.15. The molecule has 0 bridgehead atoms. The minimum atomic E-state index is -4.96. The van der Waals surface area contributed by atoms with Crippen molar-refractivity contribution in [3.05, 3.63) is 28.8 Å². The van der Waals surface area contributed by atoms with Crippen LogP contribution in [0.2, 0.25) is 5.02 Å². The molecule has 0 fully saturated rings. The fourth-order valence-electron chi connectivity index (χ4n) is 1.04. The summed E-state index contributed by atoms with van der Waals surface area (Å²) < 4.78 is 41.1. The third-order valence-corrected chi connectivity index (χ3v) is 1.99. The highest BCUT2D eigenvalue weighted by Crippen LogP contribution is 2.32. The second kappa shape index (κ2) is 4.10. The van der Waals surface area contributed by atoms with Crippen molar-refractivity contribution in [2.75, 3.05) is 7.11 Å². The predicted molar refractivity (Wildman–Crippen MR) is 48.4 cm³/mol. The topological polar surface area (TPSA) is 26.3 Å². The fraction of sp³-hybridized carbons (Fsp3) is 0.222. The average molecular weight is 239 g/mol. The number of benzene rings is 1. The van der Waals surface area contributed by atoms with Crippen molar-refractivity contribution < 1.29 is 22.7 Å². The number of hydrogen-bond donors (Lipinski definition) is 0. The number of rotatable bonds is 2. The van der Waals surface area contributed by atoms with Gasteiger partial charge in [0.1, 0.15) is 5.75 Å². The van der Waals surface area contributed by atoms with E-state index in [1.807, 2.05) is 0 Å². The molecule has 6 heteroatoms. The molecule has 82 valence electrons. The van der Waals surface area contributed by atoms with Crippen molar-refractivity contribution in [1.82, 2.24) is 0 Å². The molecule has 0 aliphatic carbocycles. The maximum atomic E-state index is 12.2. The van der Waals surface area contributed by atoms with Crippen molar-refractivity contribution in [3.8, 4) is 5.75 Å². The van der Waals surface area contributed by atoms with Gasteiger partial charge in [0.15, 0.2) is 0 Å². The lowest BCUT2D eigenvalue weighted by molar-refractivity contribution is -0.0886. The number of hydrogen-bond acceptors (Lipinski definition) is 2. The van der Waals surface area contributed by atoms with E-state index in [0.717, 1.165) is 0 Å². The summed E-state index contributed by atoms with van der Waals surface area (Å²) in [5, 5.41) is -0.281. The van der Waals surface area contributed by atoms with Crippen LogP contribution in [0, 0.1) is 0 Å². The minimum Gasteiger partial charge on any atom is -0.496 e. The van der Waals surface area contributed by atoms with Crippen LogP contribution in [-0.4, -0.2) is 19.1 Å². The smallest absolute Gasteiger partial charge is 0.455 e.